The summed E-state index contributed by atoms with van der Waals surface area (Å²) in [7, 11) is 0. The van der Waals surface area contributed by atoms with Crippen molar-refractivity contribution in [3.05, 3.63) is 71.5 Å². The number of thioether (sulfide) groups is 1. The molecule has 0 aliphatic heterocycles. The van der Waals surface area contributed by atoms with Gasteiger partial charge in [0.25, 0.3) is 5.91 Å². The SMILES string of the molecule is O=C(NCCSCc1ccccc1F)c1ccccc1. The Morgan fingerprint density at radius 3 is 2.50 bits per heavy atom. The summed E-state index contributed by atoms with van der Waals surface area (Å²) in [5, 5.41) is 2.85. The van der Waals surface area contributed by atoms with Crippen LogP contribution in [0.15, 0.2) is 54.6 Å². The summed E-state index contributed by atoms with van der Waals surface area (Å²) >= 11 is 1.60. The van der Waals surface area contributed by atoms with Crippen LogP contribution >= 0.6 is 11.8 Å². The number of amides is 1. The lowest BCUT2D eigenvalue weighted by Crippen LogP contribution is -2.25. The molecule has 2 aromatic carbocycles. The van der Waals surface area contributed by atoms with Crippen molar-refractivity contribution in [2.75, 3.05) is 12.3 Å². The summed E-state index contributed by atoms with van der Waals surface area (Å²) in [5.41, 5.74) is 1.36. The maximum absolute atomic E-state index is 13.4. The highest BCUT2D eigenvalue weighted by molar-refractivity contribution is 7.98. The second kappa shape index (κ2) is 7.70. The predicted molar refractivity (Wildman–Crippen MR) is 81.3 cm³/mol. The van der Waals surface area contributed by atoms with Crippen LogP contribution in [0.25, 0.3) is 0 Å². The van der Waals surface area contributed by atoms with Crippen LogP contribution < -0.4 is 5.32 Å². The first-order valence-corrected chi connectivity index (χ1v) is 7.57. The molecule has 0 heterocycles. The van der Waals surface area contributed by atoms with E-state index in [0.29, 0.717) is 23.4 Å². The lowest BCUT2D eigenvalue weighted by molar-refractivity contribution is 0.0956. The van der Waals surface area contributed by atoms with Crippen LogP contribution in [0.5, 0.6) is 0 Å². The zero-order chi connectivity index (χ0) is 14.2. The second-order valence-electron chi connectivity index (χ2n) is 4.27. The van der Waals surface area contributed by atoms with E-state index in [9.17, 15) is 9.18 Å². The maximum atomic E-state index is 13.4. The average Bonchev–Trinajstić information content (AvgIpc) is 2.49. The summed E-state index contributed by atoms with van der Waals surface area (Å²) in [4.78, 5) is 11.8. The van der Waals surface area contributed by atoms with Crippen LogP contribution in [0.3, 0.4) is 0 Å². The van der Waals surface area contributed by atoms with Gasteiger partial charge >= 0.3 is 0 Å². The highest BCUT2D eigenvalue weighted by Gasteiger charge is 2.03. The lowest BCUT2D eigenvalue weighted by Gasteiger charge is -2.06. The van der Waals surface area contributed by atoms with Crippen molar-refractivity contribution in [1.29, 1.82) is 0 Å². The quantitative estimate of drug-likeness (QED) is 0.825. The first kappa shape index (κ1) is 14.6. The van der Waals surface area contributed by atoms with Crippen LogP contribution in [0.2, 0.25) is 0 Å². The Kier molecular flexibility index (Phi) is 5.62. The molecule has 2 aromatic rings. The molecule has 2 nitrogen and oxygen atoms in total. The Morgan fingerprint density at radius 2 is 1.75 bits per heavy atom. The highest BCUT2D eigenvalue weighted by atomic mass is 32.2. The van der Waals surface area contributed by atoms with Gasteiger partial charge in [0.15, 0.2) is 0 Å². The van der Waals surface area contributed by atoms with Crippen molar-refractivity contribution < 1.29 is 9.18 Å². The molecule has 0 unspecified atom stereocenters. The molecule has 0 aliphatic carbocycles. The van der Waals surface area contributed by atoms with Gasteiger partial charge in [0.1, 0.15) is 5.82 Å². The van der Waals surface area contributed by atoms with Crippen LogP contribution in [-0.4, -0.2) is 18.2 Å². The van der Waals surface area contributed by atoms with Crippen LogP contribution in [0.4, 0.5) is 4.39 Å². The molecule has 2 rings (SSSR count). The summed E-state index contributed by atoms with van der Waals surface area (Å²) in [5.74, 6) is 1.13. The van der Waals surface area contributed by atoms with E-state index in [1.165, 1.54) is 6.07 Å². The summed E-state index contributed by atoms with van der Waals surface area (Å²) in [6.07, 6.45) is 0. The smallest absolute Gasteiger partial charge is 0.251 e. The van der Waals surface area contributed by atoms with Gasteiger partial charge in [-0.3, -0.25) is 4.79 Å². The Labute approximate surface area is 122 Å². The van der Waals surface area contributed by atoms with E-state index in [4.69, 9.17) is 0 Å². The van der Waals surface area contributed by atoms with E-state index in [-0.39, 0.29) is 11.7 Å². The third kappa shape index (κ3) is 4.38. The van der Waals surface area contributed by atoms with E-state index in [0.717, 1.165) is 5.75 Å². The number of nitrogens with one attached hydrogen (secondary N) is 1. The molecule has 0 fully saturated rings. The topological polar surface area (TPSA) is 29.1 Å². The van der Waals surface area contributed by atoms with Gasteiger partial charge in [0, 0.05) is 23.6 Å². The molecule has 0 aromatic heterocycles. The second-order valence-corrected chi connectivity index (χ2v) is 5.37. The minimum absolute atomic E-state index is 0.0721. The molecule has 0 saturated heterocycles. The Balaban J connectivity index is 1.67. The monoisotopic (exact) mass is 289 g/mol. The Bertz CT molecular complexity index is 559. The predicted octanol–water partition coefficient (Wildman–Crippen LogP) is 3.49. The highest BCUT2D eigenvalue weighted by Crippen LogP contribution is 2.14. The maximum Gasteiger partial charge on any atom is 0.251 e. The van der Waals surface area contributed by atoms with Crippen molar-refractivity contribution in [2.24, 2.45) is 0 Å². The fraction of sp³-hybridized carbons (Fsp3) is 0.188. The standard InChI is InChI=1S/C16H16FNOS/c17-15-9-5-4-8-14(15)12-20-11-10-18-16(19)13-6-2-1-3-7-13/h1-9H,10-12H2,(H,18,19). The van der Waals surface area contributed by atoms with Gasteiger partial charge in [-0.25, -0.2) is 4.39 Å². The minimum Gasteiger partial charge on any atom is -0.351 e. The molecule has 0 saturated carbocycles. The van der Waals surface area contributed by atoms with Crippen molar-refractivity contribution in [3.63, 3.8) is 0 Å². The zero-order valence-corrected chi connectivity index (χ0v) is 11.8. The molecule has 0 bridgehead atoms. The van der Waals surface area contributed by atoms with E-state index < -0.39 is 0 Å². The van der Waals surface area contributed by atoms with Crippen LogP contribution in [0, 0.1) is 5.82 Å². The number of benzene rings is 2. The fourth-order valence-electron chi connectivity index (χ4n) is 1.73. The average molecular weight is 289 g/mol. The van der Waals surface area contributed by atoms with E-state index in [2.05, 4.69) is 5.32 Å². The Morgan fingerprint density at radius 1 is 1.05 bits per heavy atom. The lowest BCUT2D eigenvalue weighted by atomic mass is 10.2. The molecule has 1 N–H and O–H groups in total. The number of rotatable bonds is 6. The van der Waals surface area contributed by atoms with Gasteiger partial charge in [0.05, 0.1) is 0 Å². The van der Waals surface area contributed by atoms with Gasteiger partial charge in [0.2, 0.25) is 0 Å². The minimum atomic E-state index is -0.173. The third-order valence-corrected chi connectivity index (χ3v) is 3.79. The first-order chi connectivity index (χ1) is 9.77. The summed E-state index contributed by atoms with van der Waals surface area (Å²) in [6.45, 7) is 0.576. The molecule has 20 heavy (non-hydrogen) atoms. The molecule has 0 atom stereocenters. The van der Waals surface area contributed by atoms with Gasteiger partial charge in [-0.05, 0) is 23.8 Å². The molecule has 0 aliphatic rings. The fourth-order valence-corrected chi connectivity index (χ4v) is 2.57. The first-order valence-electron chi connectivity index (χ1n) is 6.42. The van der Waals surface area contributed by atoms with E-state index in [1.807, 2.05) is 24.3 Å². The number of carbonyl (C=O) groups excluding carboxylic acids is 1. The van der Waals surface area contributed by atoms with Crippen molar-refractivity contribution in [3.8, 4) is 0 Å². The number of hydrogen-bond donors (Lipinski definition) is 1. The number of halogens is 1. The molecule has 0 spiro atoms. The van der Waals surface area contributed by atoms with Gasteiger partial charge in [-0.15, -0.1) is 0 Å². The van der Waals surface area contributed by atoms with Crippen LogP contribution in [0.1, 0.15) is 15.9 Å². The van der Waals surface area contributed by atoms with Crippen molar-refractivity contribution >= 4 is 17.7 Å². The summed E-state index contributed by atoms with van der Waals surface area (Å²) < 4.78 is 13.4. The van der Waals surface area contributed by atoms with Gasteiger partial charge in [-0.2, -0.15) is 11.8 Å². The van der Waals surface area contributed by atoms with Gasteiger partial charge < -0.3 is 5.32 Å². The molecule has 4 heteroatoms. The van der Waals surface area contributed by atoms with Crippen molar-refractivity contribution in [2.45, 2.75) is 5.75 Å². The van der Waals surface area contributed by atoms with Crippen LogP contribution in [-0.2, 0) is 5.75 Å². The van der Waals surface area contributed by atoms with Gasteiger partial charge in [-0.1, -0.05) is 36.4 Å². The van der Waals surface area contributed by atoms with E-state index >= 15 is 0 Å². The molecular weight excluding hydrogens is 273 g/mol. The number of carbonyl (C=O) groups is 1. The van der Waals surface area contributed by atoms with E-state index in [1.54, 1.807) is 36.0 Å². The largest absolute Gasteiger partial charge is 0.351 e. The molecule has 104 valence electrons. The van der Waals surface area contributed by atoms with Crippen molar-refractivity contribution in [1.82, 2.24) is 5.32 Å². The normalized spacial score (nSPS) is 10.2. The summed E-state index contributed by atoms with van der Waals surface area (Å²) in [6, 6.07) is 15.9. The molecular formula is C16H16FNOS. The third-order valence-electron chi connectivity index (χ3n) is 2.78. The number of hydrogen-bond acceptors (Lipinski definition) is 2. The molecule has 0 radical (unpaired) electrons. The Hall–Kier alpha value is -1.81. The molecule has 1 amide bonds. The zero-order valence-electron chi connectivity index (χ0n) is 11.0.